The Morgan fingerprint density at radius 3 is 2.38 bits per heavy atom. The minimum Gasteiger partial charge on any atom is -0.496 e. The van der Waals surface area contributed by atoms with Crippen molar-refractivity contribution in [2.75, 3.05) is 19.5 Å². The Labute approximate surface area is 139 Å². The Morgan fingerprint density at radius 1 is 1.08 bits per heavy atom. The Hall–Kier alpha value is -3.02. The van der Waals surface area contributed by atoms with Crippen LogP contribution in [0.5, 0.6) is 11.5 Å². The average Bonchev–Trinajstić information content (AvgIpc) is 2.94. The molecule has 0 saturated carbocycles. The van der Waals surface area contributed by atoms with Gasteiger partial charge in [0, 0.05) is 23.7 Å². The molecule has 0 fully saturated rings. The van der Waals surface area contributed by atoms with Crippen LogP contribution in [0.3, 0.4) is 0 Å². The molecule has 0 atom stereocenters. The van der Waals surface area contributed by atoms with Crippen molar-refractivity contribution < 1.29 is 18.7 Å². The second-order valence-corrected chi connectivity index (χ2v) is 5.38. The zero-order valence-corrected chi connectivity index (χ0v) is 14.0. The van der Waals surface area contributed by atoms with Crippen molar-refractivity contribution in [1.82, 2.24) is 4.98 Å². The number of anilines is 1. The zero-order chi connectivity index (χ0) is 17.3. The van der Waals surface area contributed by atoms with Gasteiger partial charge in [0.2, 0.25) is 0 Å². The van der Waals surface area contributed by atoms with Crippen LogP contribution in [0.15, 0.2) is 34.7 Å². The van der Waals surface area contributed by atoms with Gasteiger partial charge in [-0.1, -0.05) is 0 Å². The third kappa shape index (κ3) is 2.90. The number of ether oxygens (including phenoxy) is 2. The van der Waals surface area contributed by atoms with E-state index in [1.54, 1.807) is 51.5 Å². The van der Waals surface area contributed by atoms with E-state index in [1.807, 2.05) is 6.92 Å². The van der Waals surface area contributed by atoms with Crippen LogP contribution in [0.2, 0.25) is 0 Å². The monoisotopic (exact) mass is 326 g/mol. The van der Waals surface area contributed by atoms with E-state index in [1.165, 1.54) is 0 Å². The minimum atomic E-state index is -0.258. The summed E-state index contributed by atoms with van der Waals surface area (Å²) >= 11 is 0. The smallest absolute Gasteiger partial charge is 0.255 e. The second-order valence-electron chi connectivity index (χ2n) is 5.38. The molecule has 0 radical (unpaired) electrons. The van der Waals surface area contributed by atoms with E-state index in [0.717, 1.165) is 5.56 Å². The highest BCUT2D eigenvalue weighted by atomic mass is 16.5. The van der Waals surface area contributed by atoms with Crippen LogP contribution in [0.1, 0.15) is 21.8 Å². The van der Waals surface area contributed by atoms with E-state index in [4.69, 9.17) is 13.9 Å². The second kappa shape index (κ2) is 6.23. The third-order valence-electron chi connectivity index (χ3n) is 3.77. The summed E-state index contributed by atoms with van der Waals surface area (Å²) in [5, 5.41) is 2.85. The standard InChI is InChI=1S/C18H18N2O4/c1-10-16(22-3)7-12(8-17(10)23-4)18(21)20-13-5-6-15-14(9-13)19-11(2)24-15/h5-9H,1-4H3,(H,20,21). The number of rotatable bonds is 4. The first-order valence-electron chi connectivity index (χ1n) is 7.43. The van der Waals surface area contributed by atoms with Gasteiger partial charge in [0.25, 0.3) is 5.91 Å². The molecule has 6 nitrogen and oxygen atoms in total. The van der Waals surface area contributed by atoms with E-state index in [0.29, 0.717) is 39.7 Å². The molecule has 1 N–H and O–H groups in total. The van der Waals surface area contributed by atoms with Gasteiger partial charge in [0.1, 0.15) is 17.0 Å². The number of benzene rings is 2. The summed E-state index contributed by atoms with van der Waals surface area (Å²) in [7, 11) is 3.12. The average molecular weight is 326 g/mol. The number of fused-ring (bicyclic) bond motifs is 1. The number of hydrogen-bond donors (Lipinski definition) is 1. The van der Waals surface area contributed by atoms with Gasteiger partial charge < -0.3 is 19.2 Å². The van der Waals surface area contributed by atoms with Crippen molar-refractivity contribution in [3.05, 3.63) is 47.3 Å². The molecule has 0 saturated heterocycles. The normalized spacial score (nSPS) is 10.7. The lowest BCUT2D eigenvalue weighted by Gasteiger charge is -2.12. The Balaban J connectivity index is 1.90. The molecule has 0 aliphatic heterocycles. The fourth-order valence-corrected chi connectivity index (χ4v) is 2.54. The van der Waals surface area contributed by atoms with Crippen LogP contribution in [0, 0.1) is 13.8 Å². The number of oxazole rings is 1. The Bertz CT molecular complexity index is 890. The highest BCUT2D eigenvalue weighted by Gasteiger charge is 2.14. The fraction of sp³-hybridized carbons (Fsp3) is 0.222. The Morgan fingerprint density at radius 2 is 1.75 bits per heavy atom. The maximum atomic E-state index is 12.5. The molecule has 3 aromatic rings. The van der Waals surface area contributed by atoms with E-state index < -0.39 is 0 Å². The molecule has 1 amide bonds. The quantitative estimate of drug-likeness (QED) is 0.791. The van der Waals surface area contributed by atoms with Gasteiger partial charge in [-0.25, -0.2) is 4.98 Å². The Kier molecular flexibility index (Phi) is 4.12. The number of nitrogens with one attached hydrogen (secondary N) is 1. The number of hydrogen-bond acceptors (Lipinski definition) is 5. The van der Waals surface area contributed by atoms with E-state index in [-0.39, 0.29) is 5.91 Å². The predicted octanol–water partition coefficient (Wildman–Crippen LogP) is 3.71. The maximum Gasteiger partial charge on any atom is 0.255 e. The van der Waals surface area contributed by atoms with Crippen molar-refractivity contribution in [3.8, 4) is 11.5 Å². The molecule has 0 aliphatic rings. The molecule has 1 heterocycles. The third-order valence-corrected chi connectivity index (χ3v) is 3.77. The number of amides is 1. The first-order chi connectivity index (χ1) is 11.5. The molecule has 24 heavy (non-hydrogen) atoms. The van der Waals surface area contributed by atoms with Crippen LogP contribution in [0.4, 0.5) is 5.69 Å². The molecule has 6 heteroatoms. The summed E-state index contributed by atoms with van der Waals surface area (Å²) in [4.78, 5) is 16.8. The summed E-state index contributed by atoms with van der Waals surface area (Å²) in [6, 6.07) is 8.69. The molecule has 1 aromatic heterocycles. The van der Waals surface area contributed by atoms with E-state index >= 15 is 0 Å². The van der Waals surface area contributed by atoms with Crippen LogP contribution in [0.25, 0.3) is 11.1 Å². The molecule has 0 bridgehead atoms. The van der Waals surface area contributed by atoms with Crippen molar-refractivity contribution in [1.29, 1.82) is 0 Å². The highest BCUT2D eigenvalue weighted by molar-refractivity contribution is 6.05. The highest BCUT2D eigenvalue weighted by Crippen LogP contribution is 2.30. The minimum absolute atomic E-state index is 0.258. The summed E-state index contributed by atoms with van der Waals surface area (Å²) in [6.45, 7) is 3.66. The molecule has 124 valence electrons. The molecule has 2 aromatic carbocycles. The topological polar surface area (TPSA) is 73.6 Å². The fourth-order valence-electron chi connectivity index (χ4n) is 2.54. The zero-order valence-electron chi connectivity index (χ0n) is 14.0. The number of carbonyl (C=O) groups excluding carboxylic acids is 1. The van der Waals surface area contributed by atoms with Gasteiger partial charge in [-0.15, -0.1) is 0 Å². The number of aromatic nitrogens is 1. The first-order valence-corrected chi connectivity index (χ1v) is 7.43. The van der Waals surface area contributed by atoms with Crippen molar-refractivity contribution in [3.63, 3.8) is 0 Å². The molecular formula is C18H18N2O4. The SMILES string of the molecule is COc1cc(C(=O)Nc2ccc3oc(C)nc3c2)cc(OC)c1C. The first kappa shape index (κ1) is 15.9. The maximum absolute atomic E-state index is 12.5. The van der Waals surface area contributed by atoms with Gasteiger partial charge in [-0.3, -0.25) is 4.79 Å². The molecule has 0 spiro atoms. The van der Waals surface area contributed by atoms with Gasteiger partial charge >= 0.3 is 0 Å². The molecule has 3 rings (SSSR count). The summed E-state index contributed by atoms with van der Waals surface area (Å²) in [5.74, 6) is 1.52. The predicted molar refractivity (Wildman–Crippen MR) is 91.0 cm³/mol. The van der Waals surface area contributed by atoms with Crippen molar-refractivity contribution in [2.45, 2.75) is 13.8 Å². The van der Waals surface area contributed by atoms with Crippen LogP contribution in [-0.2, 0) is 0 Å². The van der Waals surface area contributed by atoms with E-state index in [2.05, 4.69) is 10.3 Å². The van der Waals surface area contributed by atoms with Gasteiger partial charge in [-0.2, -0.15) is 0 Å². The molecular weight excluding hydrogens is 308 g/mol. The van der Waals surface area contributed by atoms with E-state index in [9.17, 15) is 4.79 Å². The number of nitrogens with zero attached hydrogens (tertiary/aromatic N) is 1. The molecule has 0 aliphatic carbocycles. The van der Waals surface area contributed by atoms with Crippen molar-refractivity contribution in [2.24, 2.45) is 0 Å². The van der Waals surface area contributed by atoms with Crippen molar-refractivity contribution >= 4 is 22.7 Å². The van der Waals surface area contributed by atoms with Crippen LogP contribution in [-0.4, -0.2) is 25.1 Å². The lowest BCUT2D eigenvalue weighted by Crippen LogP contribution is -2.12. The van der Waals surface area contributed by atoms with Gasteiger partial charge in [-0.05, 0) is 37.3 Å². The largest absolute Gasteiger partial charge is 0.496 e. The summed E-state index contributed by atoms with van der Waals surface area (Å²) in [6.07, 6.45) is 0. The van der Waals surface area contributed by atoms with Crippen LogP contribution >= 0.6 is 0 Å². The lowest BCUT2D eigenvalue weighted by molar-refractivity contribution is 0.102. The van der Waals surface area contributed by atoms with Gasteiger partial charge in [0.05, 0.1) is 14.2 Å². The lowest BCUT2D eigenvalue weighted by atomic mass is 10.1. The number of aryl methyl sites for hydroxylation is 1. The summed E-state index contributed by atoms with van der Waals surface area (Å²) in [5.41, 5.74) is 3.31. The molecule has 0 unspecified atom stereocenters. The number of carbonyl (C=O) groups is 1. The number of methoxy groups -OCH3 is 2. The van der Waals surface area contributed by atoms with Crippen LogP contribution < -0.4 is 14.8 Å². The summed E-state index contributed by atoms with van der Waals surface area (Å²) < 4.78 is 16.0. The van der Waals surface area contributed by atoms with Gasteiger partial charge in [0.15, 0.2) is 11.5 Å².